The van der Waals surface area contributed by atoms with Gasteiger partial charge in [0.2, 0.25) is 5.91 Å². The van der Waals surface area contributed by atoms with E-state index in [1.165, 1.54) is 4.90 Å². The third-order valence-electron chi connectivity index (χ3n) is 5.51. The van der Waals surface area contributed by atoms with E-state index in [0.717, 1.165) is 39.5 Å². The molecule has 0 spiro atoms. The third-order valence-corrected chi connectivity index (χ3v) is 6.28. The van der Waals surface area contributed by atoms with Crippen molar-refractivity contribution >= 4 is 34.5 Å². The summed E-state index contributed by atoms with van der Waals surface area (Å²) in [5.74, 6) is 0.0995. The molecule has 1 aliphatic rings. The number of aromatic nitrogens is 1. The maximum atomic E-state index is 13.2. The molecular weight excluding hydrogens is 410 g/mol. The molecule has 0 radical (unpaired) electrons. The van der Waals surface area contributed by atoms with Crippen LogP contribution in [0.15, 0.2) is 41.8 Å². The summed E-state index contributed by atoms with van der Waals surface area (Å²) in [6, 6.07) is 10.9. The molecule has 0 aliphatic carbocycles. The number of nitrogens with one attached hydrogen (secondary N) is 1. The maximum absolute atomic E-state index is 13.2. The summed E-state index contributed by atoms with van der Waals surface area (Å²) in [7, 11) is 0. The van der Waals surface area contributed by atoms with Gasteiger partial charge in [-0.15, -0.1) is 11.3 Å². The molecular formula is C24H25N3O3S. The molecule has 0 saturated heterocycles. The first-order chi connectivity index (χ1) is 14.9. The second-order valence-electron chi connectivity index (χ2n) is 7.61. The van der Waals surface area contributed by atoms with Crippen molar-refractivity contribution in [3.8, 4) is 17.0 Å². The van der Waals surface area contributed by atoms with E-state index in [1.54, 1.807) is 18.3 Å². The fourth-order valence-electron chi connectivity index (χ4n) is 3.80. The van der Waals surface area contributed by atoms with Crippen molar-refractivity contribution in [3.63, 3.8) is 0 Å². The molecule has 1 aromatic heterocycles. The molecule has 7 heteroatoms. The zero-order chi connectivity index (χ0) is 22.1. The molecule has 160 valence electrons. The van der Waals surface area contributed by atoms with Crippen LogP contribution in [-0.4, -0.2) is 29.4 Å². The largest absolute Gasteiger partial charge is 0.482 e. The average Bonchev–Trinajstić information content (AvgIpc) is 3.20. The summed E-state index contributed by atoms with van der Waals surface area (Å²) in [6.45, 7) is 7.62. The Hall–Kier alpha value is -3.19. The first kappa shape index (κ1) is 21.1. The second kappa shape index (κ2) is 8.51. The van der Waals surface area contributed by atoms with E-state index in [2.05, 4.69) is 17.2 Å². The van der Waals surface area contributed by atoms with E-state index < -0.39 is 6.04 Å². The van der Waals surface area contributed by atoms with Gasteiger partial charge in [0, 0.05) is 16.6 Å². The summed E-state index contributed by atoms with van der Waals surface area (Å²) in [5.41, 5.74) is 5.18. The summed E-state index contributed by atoms with van der Waals surface area (Å²) in [5, 5.41) is 5.99. The first-order valence-electron chi connectivity index (χ1n) is 10.3. The van der Waals surface area contributed by atoms with Crippen molar-refractivity contribution in [1.82, 2.24) is 4.98 Å². The Bertz CT molecular complexity index is 1150. The van der Waals surface area contributed by atoms with Crippen LogP contribution in [0.1, 0.15) is 30.0 Å². The van der Waals surface area contributed by atoms with Gasteiger partial charge in [-0.05, 0) is 56.5 Å². The molecule has 0 saturated carbocycles. The van der Waals surface area contributed by atoms with Crippen molar-refractivity contribution in [1.29, 1.82) is 0 Å². The molecule has 3 aromatic rings. The number of hydrogen-bond donors (Lipinski definition) is 1. The van der Waals surface area contributed by atoms with Crippen molar-refractivity contribution < 1.29 is 14.3 Å². The van der Waals surface area contributed by atoms with Gasteiger partial charge >= 0.3 is 0 Å². The molecule has 2 amide bonds. The fourth-order valence-corrected chi connectivity index (χ4v) is 4.42. The molecule has 1 unspecified atom stereocenters. The zero-order valence-corrected chi connectivity index (χ0v) is 18.9. The SMILES string of the molecule is CCc1cccc(C)c1NC(=O)C(C)N1C(=O)COc2ccc(-c3csc(C)n3)cc21. The van der Waals surface area contributed by atoms with Crippen LogP contribution in [-0.2, 0) is 16.0 Å². The number of amides is 2. The minimum Gasteiger partial charge on any atom is -0.482 e. The zero-order valence-electron chi connectivity index (χ0n) is 18.1. The average molecular weight is 436 g/mol. The first-order valence-corrected chi connectivity index (χ1v) is 11.2. The van der Waals surface area contributed by atoms with Gasteiger partial charge in [0.1, 0.15) is 11.8 Å². The van der Waals surface area contributed by atoms with E-state index in [0.29, 0.717) is 11.4 Å². The Morgan fingerprint density at radius 1 is 1.29 bits per heavy atom. The van der Waals surface area contributed by atoms with Crippen molar-refractivity contribution in [2.45, 2.75) is 40.2 Å². The highest BCUT2D eigenvalue weighted by Crippen LogP contribution is 2.37. The predicted molar refractivity (Wildman–Crippen MR) is 124 cm³/mol. The smallest absolute Gasteiger partial charge is 0.265 e. The number of benzene rings is 2. The number of carbonyl (C=O) groups is 2. The highest BCUT2D eigenvalue weighted by molar-refractivity contribution is 7.09. The predicted octanol–water partition coefficient (Wildman–Crippen LogP) is 4.74. The lowest BCUT2D eigenvalue weighted by molar-refractivity contribution is -0.125. The van der Waals surface area contributed by atoms with Gasteiger partial charge in [-0.25, -0.2) is 4.98 Å². The minimum atomic E-state index is -0.702. The Morgan fingerprint density at radius 2 is 2.10 bits per heavy atom. The van der Waals surface area contributed by atoms with Crippen molar-refractivity contribution in [3.05, 3.63) is 57.9 Å². The van der Waals surface area contributed by atoms with Crippen LogP contribution in [0, 0.1) is 13.8 Å². The fraction of sp³-hybridized carbons (Fsp3) is 0.292. The molecule has 0 bridgehead atoms. The Labute approximate surface area is 185 Å². The van der Waals surface area contributed by atoms with Crippen molar-refractivity contribution in [2.75, 3.05) is 16.8 Å². The van der Waals surface area contributed by atoms with Gasteiger partial charge in [-0.1, -0.05) is 25.1 Å². The molecule has 31 heavy (non-hydrogen) atoms. The Balaban J connectivity index is 1.66. The van der Waals surface area contributed by atoms with E-state index in [1.807, 2.05) is 55.6 Å². The van der Waals surface area contributed by atoms with E-state index in [9.17, 15) is 9.59 Å². The number of para-hydroxylation sites is 1. The van der Waals surface area contributed by atoms with Gasteiger partial charge in [0.05, 0.1) is 16.4 Å². The number of fused-ring (bicyclic) bond motifs is 1. The van der Waals surface area contributed by atoms with Crippen LogP contribution in [0.3, 0.4) is 0 Å². The Morgan fingerprint density at radius 3 is 2.81 bits per heavy atom. The summed E-state index contributed by atoms with van der Waals surface area (Å²) >= 11 is 1.57. The number of anilines is 2. The van der Waals surface area contributed by atoms with E-state index >= 15 is 0 Å². The van der Waals surface area contributed by atoms with E-state index in [-0.39, 0.29) is 18.4 Å². The molecule has 1 atom stereocenters. The second-order valence-corrected chi connectivity index (χ2v) is 8.68. The Kier molecular flexibility index (Phi) is 5.78. The summed E-state index contributed by atoms with van der Waals surface area (Å²) < 4.78 is 5.63. The van der Waals surface area contributed by atoms with Gasteiger partial charge < -0.3 is 10.1 Å². The topological polar surface area (TPSA) is 71.5 Å². The quantitative estimate of drug-likeness (QED) is 0.628. The van der Waals surface area contributed by atoms with Crippen LogP contribution in [0.2, 0.25) is 0 Å². The van der Waals surface area contributed by atoms with Crippen LogP contribution < -0.4 is 15.0 Å². The number of carbonyl (C=O) groups excluding carboxylic acids is 2. The highest BCUT2D eigenvalue weighted by Gasteiger charge is 2.33. The normalized spacial score (nSPS) is 14.1. The molecule has 4 rings (SSSR count). The van der Waals surface area contributed by atoms with Gasteiger partial charge in [0.25, 0.3) is 5.91 Å². The molecule has 2 aromatic carbocycles. The van der Waals surface area contributed by atoms with Crippen molar-refractivity contribution in [2.24, 2.45) is 0 Å². The number of rotatable bonds is 5. The van der Waals surface area contributed by atoms with Crippen LogP contribution in [0.5, 0.6) is 5.75 Å². The van der Waals surface area contributed by atoms with Crippen LogP contribution >= 0.6 is 11.3 Å². The van der Waals surface area contributed by atoms with Crippen LogP contribution in [0.25, 0.3) is 11.3 Å². The van der Waals surface area contributed by atoms with Gasteiger partial charge in [-0.2, -0.15) is 0 Å². The minimum absolute atomic E-state index is 0.0929. The lowest BCUT2D eigenvalue weighted by atomic mass is 10.0. The van der Waals surface area contributed by atoms with Gasteiger partial charge in [0.15, 0.2) is 6.61 Å². The number of hydrogen-bond acceptors (Lipinski definition) is 5. The molecule has 2 heterocycles. The molecule has 1 aliphatic heterocycles. The molecule has 1 N–H and O–H groups in total. The lowest BCUT2D eigenvalue weighted by Gasteiger charge is -2.33. The monoisotopic (exact) mass is 435 g/mol. The number of aryl methyl sites for hydroxylation is 3. The number of nitrogens with zero attached hydrogens (tertiary/aromatic N) is 2. The third kappa shape index (κ3) is 4.05. The summed E-state index contributed by atoms with van der Waals surface area (Å²) in [6.07, 6.45) is 0.807. The lowest BCUT2D eigenvalue weighted by Crippen LogP contribution is -2.49. The molecule has 0 fully saturated rings. The number of ether oxygens (including phenoxy) is 1. The van der Waals surface area contributed by atoms with E-state index in [4.69, 9.17) is 4.74 Å². The van der Waals surface area contributed by atoms with Gasteiger partial charge in [-0.3, -0.25) is 14.5 Å². The standard InChI is InChI=1S/C24H25N3O3S/c1-5-17-8-6-7-14(2)23(17)26-24(29)15(3)27-20-11-18(19-13-31-16(4)25-19)9-10-21(20)30-12-22(27)28/h6-11,13,15H,5,12H2,1-4H3,(H,26,29). The number of thiazole rings is 1. The molecule has 6 nitrogen and oxygen atoms in total. The summed E-state index contributed by atoms with van der Waals surface area (Å²) in [4.78, 5) is 32.1. The maximum Gasteiger partial charge on any atom is 0.265 e. The highest BCUT2D eigenvalue weighted by atomic mass is 32.1. The van der Waals surface area contributed by atoms with Crippen LogP contribution in [0.4, 0.5) is 11.4 Å².